The number of hydrogen-bond acceptors (Lipinski definition) is 4. The van der Waals surface area contributed by atoms with E-state index in [2.05, 4.69) is 10.6 Å². The molecule has 8 heteroatoms. The summed E-state index contributed by atoms with van der Waals surface area (Å²) in [4.78, 5) is 23.1. The Morgan fingerprint density at radius 3 is 2.52 bits per heavy atom. The molecule has 0 aliphatic heterocycles. The van der Waals surface area contributed by atoms with E-state index in [9.17, 15) is 14.0 Å². The van der Waals surface area contributed by atoms with E-state index in [1.54, 1.807) is 11.8 Å². The Morgan fingerprint density at radius 1 is 1.33 bits per heavy atom. The van der Waals surface area contributed by atoms with E-state index in [4.69, 9.17) is 5.73 Å². The molecule has 0 aromatic heterocycles. The summed E-state index contributed by atoms with van der Waals surface area (Å²) in [5.41, 5.74) is 6.13. The van der Waals surface area contributed by atoms with Crippen LogP contribution in [0.25, 0.3) is 0 Å². The zero-order valence-corrected chi connectivity index (χ0v) is 13.2. The molecule has 0 saturated heterocycles. The first-order valence-electron chi connectivity index (χ1n) is 6.10. The van der Waals surface area contributed by atoms with Gasteiger partial charge in [0, 0.05) is 5.69 Å². The van der Waals surface area contributed by atoms with E-state index in [0.717, 1.165) is 5.75 Å². The number of rotatable bonds is 7. The van der Waals surface area contributed by atoms with Crippen molar-refractivity contribution in [1.82, 2.24) is 5.32 Å². The zero-order chi connectivity index (χ0) is 15.0. The Bertz CT molecular complexity index is 459. The Balaban J connectivity index is 0.00000400. The number of thioether (sulfide) groups is 1. The fraction of sp³-hybridized carbons (Fsp3) is 0.385. The highest BCUT2D eigenvalue weighted by Crippen LogP contribution is 2.07. The lowest BCUT2D eigenvalue weighted by atomic mass is 10.2. The molecule has 0 aliphatic carbocycles. The van der Waals surface area contributed by atoms with E-state index in [-0.39, 0.29) is 36.6 Å². The number of hydrogen-bond donors (Lipinski definition) is 3. The van der Waals surface area contributed by atoms with Crippen LogP contribution in [0.4, 0.5) is 10.1 Å². The molecule has 0 saturated carbocycles. The van der Waals surface area contributed by atoms with Crippen molar-refractivity contribution >= 4 is 41.7 Å². The number of carbonyl (C=O) groups is 2. The molecular formula is C13H19ClFN3O2S. The molecule has 0 spiro atoms. The molecular weight excluding hydrogens is 317 g/mol. The first kappa shape index (κ1) is 19.7. The monoisotopic (exact) mass is 335 g/mol. The molecule has 5 nitrogen and oxygen atoms in total. The van der Waals surface area contributed by atoms with Crippen LogP contribution in [0.5, 0.6) is 0 Å². The van der Waals surface area contributed by atoms with Gasteiger partial charge in [0.25, 0.3) is 0 Å². The van der Waals surface area contributed by atoms with E-state index >= 15 is 0 Å². The van der Waals surface area contributed by atoms with E-state index in [1.807, 2.05) is 6.26 Å². The van der Waals surface area contributed by atoms with Crippen LogP contribution >= 0.6 is 24.2 Å². The third-order valence-corrected chi connectivity index (χ3v) is 3.16. The van der Waals surface area contributed by atoms with Gasteiger partial charge in [0.2, 0.25) is 11.8 Å². The van der Waals surface area contributed by atoms with Gasteiger partial charge in [-0.15, -0.1) is 12.4 Å². The standard InChI is InChI=1S/C13H18FN3O2S.ClH/c1-20-7-6-11(15)13(19)16-8-12(18)17-10-4-2-9(14)3-5-10;/h2-5,11H,6-8,15H2,1H3,(H,16,19)(H,17,18);1H/t11-;/m0./s1. The van der Waals surface area contributed by atoms with Crippen molar-refractivity contribution in [1.29, 1.82) is 0 Å². The number of nitrogens with one attached hydrogen (secondary N) is 2. The van der Waals surface area contributed by atoms with E-state index in [1.165, 1.54) is 24.3 Å². The van der Waals surface area contributed by atoms with Crippen molar-refractivity contribution in [3.8, 4) is 0 Å². The Hall–Kier alpha value is -1.31. The average Bonchev–Trinajstić information content (AvgIpc) is 2.44. The lowest BCUT2D eigenvalue weighted by molar-refractivity contribution is -0.125. The molecule has 0 heterocycles. The molecule has 0 radical (unpaired) electrons. The maximum atomic E-state index is 12.7. The Morgan fingerprint density at radius 2 is 1.95 bits per heavy atom. The summed E-state index contributed by atoms with van der Waals surface area (Å²) in [6, 6.07) is 4.76. The topological polar surface area (TPSA) is 84.2 Å². The largest absolute Gasteiger partial charge is 0.346 e. The smallest absolute Gasteiger partial charge is 0.243 e. The third-order valence-electron chi connectivity index (χ3n) is 2.52. The van der Waals surface area contributed by atoms with Crippen LogP contribution in [-0.2, 0) is 9.59 Å². The second-order valence-electron chi connectivity index (χ2n) is 4.16. The van der Waals surface area contributed by atoms with Gasteiger partial charge < -0.3 is 16.4 Å². The molecule has 118 valence electrons. The Kier molecular flexibility index (Phi) is 9.77. The van der Waals surface area contributed by atoms with Crippen LogP contribution in [-0.4, -0.2) is 36.4 Å². The molecule has 1 atom stereocenters. The lowest BCUT2D eigenvalue weighted by Gasteiger charge is -2.11. The third kappa shape index (κ3) is 7.89. The summed E-state index contributed by atoms with van der Waals surface area (Å²) in [6.45, 7) is -0.164. The quantitative estimate of drug-likeness (QED) is 0.703. The van der Waals surface area contributed by atoms with Crippen LogP contribution in [0, 0.1) is 5.82 Å². The Labute approximate surface area is 133 Å². The fourth-order valence-electron chi connectivity index (χ4n) is 1.41. The fourth-order valence-corrected chi connectivity index (χ4v) is 1.90. The molecule has 1 rings (SSSR count). The van der Waals surface area contributed by atoms with Crippen molar-refractivity contribution in [2.45, 2.75) is 12.5 Å². The van der Waals surface area contributed by atoms with Gasteiger partial charge in [0.05, 0.1) is 12.6 Å². The highest BCUT2D eigenvalue weighted by atomic mass is 35.5. The van der Waals surface area contributed by atoms with Gasteiger partial charge in [-0.2, -0.15) is 11.8 Å². The van der Waals surface area contributed by atoms with Crippen LogP contribution in [0.15, 0.2) is 24.3 Å². The normalized spacial score (nSPS) is 11.2. The van der Waals surface area contributed by atoms with Gasteiger partial charge in [-0.25, -0.2) is 4.39 Å². The van der Waals surface area contributed by atoms with Crippen LogP contribution in [0.2, 0.25) is 0 Å². The molecule has 0 fully saturated rings. The van der Waals surface area contributed by atoms with E-state index in [0.29, 0.717) is 12.1 Å². The number of carbonyl (C=O) groups excluding carboxylic acids is 2. The maximum Gasteiger partial charge on any atom is 0.243 e. The molecule has 0 unspecified atom stereocenters. The van der Waals surface area contributed by atoms with Gasteiger partial charge in [-0.05, 0) is 42.7 Å². The molecule has 1 aromatic carbocycles. The van der Waals surface area contributed by atoms with Crippen molar-refractivity contribution < 1.29 is 14.0 Å². The SMILES string of the molecule is CSCC[C@H](N)C(=O)NCC(=O)Nc1ccc(F)cc1.Cl. The van der Waals surface area contributed by atoms with Crippen molar-refractivity contribution in [3.63, 3.8) is 0 Å². The summed E-state index contributed by atoms with van der Waals surface area (Å²) in [5, 5.41) is 5.00. The van der Waals surface area contributed by atoms with Crippen LogP contribution in [0.1, 0.15) is 6.42 Å². The minimum atomic E-state index is -0.610. The highest BCUT2D eigenvalue weighted by molar-refractivity contribution is 7.98. The minimum Gasteiger partial charge on any atom is -0.346 e. The summed E-state index contributed by atoms with van der Waals surface area (Å²) >= 11 is 1.60. The molecule has 0 bridgehead atoms. The van der Waals surface area contributed by atoms with Crippen molar-refractivity contribution in [3.05, 3.63) is 30.1 Å². The average molecular weight is 336 g/mol. The van der Waals surface area contributed by atoms with Crippen molar-refractivity contribution in [2.24, 2.45) is 5.73 Å². The molecule has 21 heavy (non-hydrogen) atoms. The summed E-state index contributed by atoms with van der Waals surface area (Å²) in [6.07, 6.45) is 2.49. The second kappa shape index (κ2) is 10.4. The van der Waals surface area contributed by atoms with Gasteiger partial charge in [-0.3, -0.25) is 9.59 Å². The number of nitrogens with two attached hydrogens (primary N) is 1. The van der Waals surface area contributed by atoms with E-state index < -0.39 is 6.04 Å². The van der Waals surface area contributed by atoms with Crippen molar-refractivity contribution in [2.75, 3.05) is 23.9 Å². The predicted molar refractivity (Wildman–Crippen MR) is 86.3 cm³/mol. The zero-order valence-electron chi connectivity index (χ0n) is 11.6. The first-order valence-corrected chi connectivity index (χ1v) is 7.50. The lowest BCUT2D eigenvalue weighted by Crippen LogP contribution is -2.43. The number of halogens is 2. The summed E-state index contributed by atoms with van der Waals surface area (Å²) < 4.78 is 12.7. The second-order valence-corrected chi connectivity index (χ2v) is 5.15. The number of benzene rings is 1. The van der Waals surface area contributed by atoms with Crippen LogP contribution in [0.3, 0.4) is 0 Å². The first-order chi connectivity index (χ1) is 9.52. The van der Waals surface area contributed by atoms with Gasteiger partial charge in [0.15, 0.2) is 0 Å². The predicted octanol–water partition coefficient (Wildman–Crippen LogP) is 1.38. The molecule has 4 N–H and O–H groups in total. The van der Waals surface area contributed by atoms with Gasteiger partial charge in [-0.1, -0.05) is 0 Å². The minimum absolute atomic E-state index is 0. The van der Waals surface area contributed by atoms with Crippen LogP contribution < -0.4 is 16.4 Å². The molecule has 1 aromatic rings. The maximum absolute atomic E-state index is 12.7. The number of anilines is 1. The molecule has 0 aliphatic rings. The summed E-state index contributed by atoms with van der Waals surface area (Å²) in [7, 11) is 0. The summed E-state index contributed by atoms with van der Waals surface area (Å²) in [5.74, 6) is -0.331. The highest BCUT2D eigenvalue weighted by Gasteiger charge is 2.13. The van der Waals surface area contributed by atoms with Gasteiger partial charge in [0.1, 0.15) is 5.82 Å². The number of amides is 2. The molecule has 2 amide bonds. The van der Waals surface area contributed by atoms with Gasteiger partial charge >= 0.3 is 0 Å².